The maximum atomic E-state index is 12.2. The van der Waals surface area contributed by atoms with Crippen LogP contribution < -0.4 is 9.64 Å². The summed E-state index contributed by atoms with van der Waals surface area (Å²) >= 11 is 8.71. The number of aryl methyl sites for hydroxylation is 1. The van der Waals surface area contributed by atoms with Gasteiger partial charge < -0.3 is 19.6 Å². The lowest BCUT2D eigenvalue weighted by molar-refractivity contribution is -0.0665. The fourth-order valence-electron chi connectivity index (χ4n) is 6.33. The Morgan fingerprint density at radius 3 is 2.68 bits per heavy atom. The second-order valence-corrected chi connectivity index (χ2v) is 12.8. The average molecular weight is 595 g/mol. The number of amides is 1. The van der Waals surface area contributed by atoms with E-state index in [0.29, 0.717) is 19.7 Å². The smallest absolute Gasteiger partial charge is 0.407 e. The number of fused-ring (bicyclic) bond motifs is 3. The van der Waals surface area contributed by atoms with Crippen molar-refractivity contribution >= 4 is 46.0 Å². The molecule has 5 nitrogen and oxygen atoms in total. The Morgan fingerprint density at radius 1 is 1.21 bits per heavy atom. The molecule has 0 radical (unpaired) electrons. The van der Waals surface area contributed by atoms with Gasteiger partial charge in [0.2, 0.25) is 0 Å². The van der Waals surface area contributed by atoms with Gasteiger partial charge in [-0.25, -0.2) is 4.79 Å². The Kier molecular flexibility index (Phi) is 5.99. The van der Waals surface area contributed by atoms with Gasteiger partial charge in [-0.2, -0.15) is 0 Å². The Balaban J connectivity index is 1.62. The third-order valence-corrected chi connectivity index (χ3v) is 9.25. The zero-order chi connectivity index (χ0) is 24.3. The van der Waals surface area contributed by atoms with Gasteiger partial charge in [0.05, 0.1) is 17.8 Å². The van der Waals surface area contributed by atoms with Gasteiger partial charge in [-0.05, 0) is 95.1 Å². The number of anilines is 1. The first-order valence-electron chi connectivity index (χ1n) is 12.0. The molecule has 1 fully saturated rings. The number of halogens is 2. The van der Waals surface area contributed by atoms with Crippen LogP contribution in [0.3, 0.4) is 0 Å². The third kappa shape index (κ3) is 3.85. The Bertz CT molecular complexity index is 1130. The van der Waals surface area contributed by atoms with Crippen LogP contribution in [0.15, 0.2) is 36.4 Å². The molecule has 0 saturated carbocycles. The minimum absolute atomic E-state index is 0.167. The molecule has 1 saturated heterocycles. The molecule has 34 heavy (non-hydrogen) atoms. The summed E-state index contributed by atoms with van der Waals surface area (Å²) in [5, 5.41) is 10.8. The molecule has 2 aromatic carbocycles. The van der Waals surface area contributed by atoms with Crippen LogP contribution in [0.1, 0.15) is 51.2 Å². The number of likely N-dealkylation sites (tertiary alicyclic amines) is 1. The molecule has 1 aliphatic carbocycles. The van der Waals surface area contributed by atoms with Crippen molar-refractivity contribution in [3.8, 4) is 5.75 Å². The van der Waals surface area contributed by atoms with E-state index >= 15 is 0 Å². The van der Waals surface area contributed by atoms with Gasteiger partial charge in [0.1, 0.15) is 5.75 Å². The van der Waals surface area contributed by atoms with E-state index in [2.05, 4.69) is 78.6 Å². The van der Waals surface area contributed by atoms with E-state index in [0.717, 1.165) is 52.3 Å². The number of benzene rings is 2. The minimum atomic E-state index is -0.831. The number of nitrogens with zero attached hydrogens (tertiary/aromatic N) is 2. The maximum Gasteiger partial charge on any atom is 0.407 e. The van der Waals surface area contributed by atoms with Crippen molar-refractivity contribution in [2.45, 2.75) is 57.4 Å². The van der Waals surface area contributed by atoms with Gasteiger partial charge in [-0.1, -0.05) is 38.4 Å². The lowest BCUT2D eigenvalue weighted by Crippen LogP contribution is -2.72. The summed E-state index contributed by atoms with van der Waals surface area (Å²) in [6.07, 6.45) is 3.18. The fraction of sp³-hybridized carbons (Fsp3) is 0.519. The van der Waals surface area contributed by atoms with Crippen molar-refractivity contribution < 1.29 is 14.6 Å². The predicted octanol–water partition coefficient (Wildman–Crippen LogP) is 6.59. The second-order valence-electron chi connectivity index (χ2n) is 11.2. The summed E-state index contributed by atoms with van der Waals surface area (Å²) in [4.78, 5) is 16.3. The molecule has 0 aromatic heterocycles. The first-order chi connectivity index (χ1) is 16.0. The fourth-order valence-corrected chi connectivity index (χ4v) is 7.00. The number of hydrogen-bond donors (Lipinski definition) is 1. The van der Waals surface area contributed by atoms with Gasteiger partial charge in [-0.15, -0.1) is 0 Å². The molecule has 2 heterocycles. The predicted molar refractivity (Wildman–Crippen MR) is 144 cm³/mol. The maximum absolute atomic E-state index is 12.2. The summed E-state index contributed by atoms with van der Waals surface area (Å²) in [5.74, 6) is 0.878. The highest BCUT2D eigenvalue weighted by Gasteiger charge is 2.57. The number of ether oxygens (including phenoxy) is 1. The standard InChI is InChI=1S/C27H32ClIN2O3/c1-25(2,3)27(11-12-31(27)24(32)33)16-30-15-26(17-34-23-9-7-20(29)14-22(23)30)10-4-5-18-13-19(28)6-8-21(18)26/h6-9,13-14H,4-5,10-12,15-17H2,1-3H3,(H,32,33)/t26-,27+/m0/s1. The lowest BCUT2D eigenvalue weighted by Gasteiger charge is -2.60. The highest BCUT2D eigenvalue weighted by molar-refractivity contribution is 14.1. The molecule has 182 valence electrons. The minimum Gasteiger partial charge on any atom is -0.490 e. The number of rotatable bonds is 2. The van der Waals surface area contributed by atoms with Crippen molar-refractivity contribution in [3.63, 3.8) is 0 Å². The van der Waals surface area contributed by atoms with Crippen molar-refractivity contribution in [2.24, 2.45) is 5.41 Å². The number of hydrogen-bond acceptors (Lipinski definition) is 3. The van der Waals surface area contributed by atoms with Gasteiger partial charge in [-0.3, -0.25) is 0 Å². The first-order valence-corrected chi connectivity index (χ1v) is 13.5. The summed E-state index contributed by atoms with van der Waals surface area (Å²) in [5.41, 5.74) is 2.86. The molecule has 5 rings (SSSR count). The van der Waals surface area contributed by atoms with Crippen molar-refractivity contribution in [1.82, 2.24) is 4.90 Å². The van der Waals surface area contributed by atoms with Crippen LogP contribution in [-0.4, -0.2) is 47.9 Å². The molecule has 3 aliphatic rings. The second kappa shape index (κ2) is 8.47. The van der Waals surface area contributed by atoms with Crippen LogP contribution in [-0.2, 0) is 11.8 Å². The average Bonchev–Trinajstić information content (AvgIpc) is 2.87. The topological polar surface area (TPSA) is 53.0 Å². The Hall–Kier alpha value is -1.67. The van der Waals surface area contributed by atoms with E-state index in [-0.39, 0.29) is 10.8 Å². The van der Waals surface area contributed by atoms with E-state index in [9.17, 15) is 9.90 Å². The largest absolute Gasteiger partial charge is 0.490 e. The van der Waals surface area contributed by atoms with E-state index < -0.39 is 11.6 Å². The highest BCUT2D eigenvalue weighted by Crippen LogP contribution is 2.50. The molecular formula is C27H32ClIN2O3. The summed E-state index contributed by atoms with van der Waals surface area (Å²) in [6.45, 7) is 9.13. The normalized spacial score (nSPS) is 26.3. The van der Waals surface area contributed by atoms with E-state index in [4.69, 9.17) is 16.3 Å². The molecule has 1 amide bonds. The molecule has 0 unspecified atom stereocenters. The molecule has 2 aromatic rings. The van der Waals surface area contributed by atoms with Crippen LogP contribution in [0, 0.1) is 8.99 Å². The van der Waals surface area contributed by atoms with Crippen LogP contribution >= 0.6 is 34.2 Å². The Morgan fingerprint density at radius 2 is 2.00 bits per heavy atom. The number of carboxylic acid groups (broad SMARTS) is 1. The van der Waals surface area contributed by atoms with Gasteiger partial charge in [0, 0.05) is 33.6 Å². The molecule has 2 aliphatic heterocycles. The van der Waals surface area contributed by atoms with Crippen molar-refractivity contribution in [1.29, 1.82) is 0 Å². The van der Waals surface area contributed by atoms with Crippen LogP contribution in [0.4, 0.5) is 10.5 Å². The third-order valence-electron chi connectivity index (χ3n) is 8.34. The van der Waals surface area contributed by atoms with E-state index in [1.807, 2.05) is 6.07 Å². The molecule has 0 bridgehead atoms. The van der Waals surface area contributed by atoms with Crippen LogP contribution in [0.25, 0.3) is 0 Å². The summed E-state index contributed by atoms with van der Waals surface area (Å²) in [6, 6.07) is 12.6. The van der Waals surface area contributed by atoms with Gasteiger partial charge in [0.15, 0.2) is 0 Å². The molecular weight excluding hydrogens is 563 g/mol. The highest BCUT2D eigenvalue weighted by atomic mass is 127. The summed E-state index contributed by atoms with van der Waals surface area (Å²) in [7, 11) is 0. The molecule has 1 spiro atoms. The Labute approximate surface area is 220 Å². The SMILES string of the molecule is CC(C)(C)[C@]1(CN2C[C@@]3(CCCc4cc(Cl)ccc43)COc3ccc(I)cc32)CCN1C(=O)O. The molecule has 2 atom stereocenters. The number of carbonyl (C=O) groups is 1. The zero-order valence-electron chi connectivity index (χ0n) is 20.0. The lowest BCUT2D eigenvalue weighted by atomic mass is 9.65. The van der Waals surface area contributed by atoms with Crippen LogP contribution in [0.5, 0.6) is 5.75 Å². The van der Waals surface area contributed by atoms with E-state index in [1.165, 1.54) is 11.1 Å². The summed E-state index contributed by atoms with van der Waals surface area (Å²) < 4.78 is 7.68. The monoisotopic (exact) mass is 594 g/mol. The molecule has 1 N–H and O–H groups in total. The van der Waals surface area contributed by atoms with E-state index in [1.54, 1.807) is 4.90 Å². The van der Waals surface area contributed by atoms with Crippen molar-refractivity contribution in [2.75, 3.05) is 31.1 Å². The van der Waals surface area contributed by atoms with Gasteiger partial charge >= 0.3 is 6.09 Å². The molecule has 7 heteroatoms. The van der Waals surface area contributed by atoms with Crippen LogP contribution in [0.2, 0.25) is 5.02 Å². The first kappa shape index (κ1) is 24.0. The van der Waals surface area contributed by atoms with Crippen molar-refractivity contribution in [3.05, 3.63) is 56.1 Å². The van der Waals surface area contributed by atoms with Gasteiger partial charge in [0.25, 0.3) is 0 Å². The quantitative estimate of drug-likeness (QED) is 0.399. The zero-order valence-corrected chi connectivity index (χ0v) is 22.9.